The number of esters is 3. The van der Waals surface area contributed by atoms with Crippen molar-refractivity contribution in [3.05, 3.63) is 85.1 Å². The fraction of sp³-hybridized carbons (Fsp3) is 0.717. The van der Waals surface area contributed by atoms with Gasteiger partial charge in [-0.25, -0.2) is 4.57 Å². The highest BCUT2D eigenvalue weighted by atomic mass is 31.2. The molecule has 0 aliphatic carbocycles. The van der Waals surface area contributed by atoms with Crippen LogP contribution in [0.2, 0.25) is 0 Å². The molecule has 0 radical (unpaired) electrons. The van der Waals surface area contributed by atoms with Gasteiger partial charge in [0, 0.05) is 19.3 Å². The number of aliphatic hydroxyl groups excluding tert-OH is 1. The lowest BCUT2D eigenvalue weighted by Crippen LogP contribution is -2.30. The second-order valence-corrected chi connectivity index (χ2v) is 20.2. The number of carbonyl (C=O) groups excluding carboxylic acids is 3. The first-order valence-electron chi connectivity index (χ1n) is 28.5. The summed E-state index contributed by atoms with van der Waals surface area (Å²) in [5.74, 6) is -1.51. The summed E-state index contributed by atoms with van der Waals surface area (Å²) in [5, 5.41) is 9.79. The third-order valence-corrected chi connectivity index (χ3v) is 12.7. The van der Waals surface area contributed by atoms with Crippen LogP contribution in [0.25, 0.3) is 0 Å². The minimum Gasteiger partial charge on any atom is -0.462 e. The largest absolute Gasteiger partial charge is 0.472 e. The number of carbonyl (C=O) groups is 3. The summed E-state index contributed by atoms with van der Waals surface area (Å²) in [5.41, 5.74) is 0. The Morgan fingerprint density at radius 1 is 0.403 bits per heavy atom. The molecule has 0 fully saturated rings. The fourth-order valence-electron chi connectivity index (χ4n) is 7.42. The average molecular weight is 1030 g/mol. The van der Waals surface area contributed by atoms with E-state index in [1.54, 1.807) is 0 Å². The molecule has 11 nitrogen and oxygen atoms in total. The highest BCUT2D eigenvalue weighted by Crippen LogP contribution is 2.43. The summed E-state index contributed by atoms with van der Waals surface area (Å²) < 4.78 is 39.4. The molecule has 0 aliphatic heterocycles. The Balaban J connectivity index is 4.79. The Bertz CT molecular complexity index is 1530. The average Bonchev–Trinajstić information content (AvgIpc) is 3.37. The molecule has 3 unspecified atom stereocenters. The van der Waals surface area contributed by atoms with Crippen LogP contribution in [0.15, 0.2) is 85.1 Å². The minimum atomic E-state index is -4.76. The molecular formula is C60H103O11P. The van der Waals surface area contributed by atoms with Crippen LogP contribution in [0, 0.1) is 0 Å². The summed E-state index contributed by atoms with van der Waals surface area (Å²) in [7, 11) is -4.76. The van der Waals surface area contributed by atoms with Crippen molar-refractivity contribution < 1.29 is 52.2 Å². The molecule has 0 saturated carbocycles. The maximum atomic E-state index is 12.9. The van der Waals surface area contributed by atoms with Crippen LogP contribution < -0.4 is 0 Å². The molecule has 414 valence electrons. The van der Waals surface area contributed by atoms with E-state index in [9.17, 15) is 28.9 Å². The second-order valence-electron chi connectivity index (χ2n) is 18.7. The van der Waals surface area contributed by atoms with Gasteiger partial charge in [0.2, 0.25) is 0 Å². The highest BCUT2D eigenvalue weighted by molar-refractivity contribution is 7.47. The maximum absolute atomic E-state index is 12.9. The van der Waals surface area contributed by atoms with E-state index in [4.69, 9.17) is 23.3 Å². The van der Waals surface area contributed by atoms with E-state index in [1.807, 2.05) is 0 Å². The van der Waals surface area contributed by atoms with Crippen molar-refractivity contribution in [1.82, 2.24) is 0 Å². The molecule has 0 bridgehead atoms. The van der Waals surface area contributed by atoms with Gasteiger partial charge in [-0.05, 0) is 109 Å². The van der Waals surface area contributed by atoms with Gasteiger partial charge in [-0.3, -0.25) is 23.4 Å². The monoisotopic (exact) mass is 1030 g/mol. The van der Waals surface area contributed by atoms with Gasteiger partial charge in [0.05, 0.1) is 19.8 Å². The summed E-state index contributed by atoms with van der Waals surface area (Å²) in [4.78, 5) is 48.5. The standard InChI is InChI=1S/C60H103O11P/c1-4-7-10-13-16-19-22-24-26-27-28-29-31-33-36-39-42-45-48-51-60(64)71-57(53-67-58(62)49-46-43-40-37-35-32-30-25-23-20-17-14-11-8-5-2)55-69-72(65,66)68-54-56(52-61)70-59(63)50-47-44-41-38-34-21-18-15-12-9-6-3/h8,11,15-20,24-26,28-30,56-57,61H,4-7,9-10,12-14,21-23,27,31-55H2,1-3H3,(H,65,66)/b11-8-,18-15-,19-16-,20-17-,26-24-,29-28-,30-25-. The molecule has 0 aromatic rings. The van der Waals surface area contributed by atoms with Gasteiger partial charge in [-0.2, -0.15) is 0 Å². The van der Waals surface area contributed by atoms with Crippen molar-refractivity contribution in [3.8, 4) is 0 Å². The van der Waals surface area contributed by atoms with Gasteiger partial charge in [0.1, 0.15) is 12.7 Å². The van der Waals surface area contributed by atoms with Gasteiger partial charge in [0.15, 0.2) is 6.10 Å². The summed E-state index contributed by atoms with van der Waals surface area (Å²) in [6.45, 7) is 4.42. The van der Waals surface area contributed by atoms with E-state index in [-0.39, 0.29) is 25.9 Å². The molecule has 0 aromatic carbocycles. The summed E-state index contributed by atoms with van der Waals surface area (Å²) in [6, 6.07) is 0. The topological polar surface area (TPSA) is 155 Å². The van der Waals surface area contributed by atoms with Crippen LogP contribution in [-0.2, 0) is 42.2 Å². The molecule has 0 spiro atoms. The zero-order valence-corrected chi connectivity index (χ0v) is 46.5. The smallest absolute Gasteiger partial charge is 0.462 e. The van der Waals surface area contributed by atoms with Crippen LogP contribution >= 0.6 is 7.82 Å². The highest BCUT2D eigenvalue weighted by Gasteiger charge is 2.28. The minimum absolute atomic E-state index is 0.146. The van der Waals surface area contributed by atoms with Crippen LogP contribution in [-0.4, -0.2) is 66.5 Å². The molecule has 2 N–H and O–H groups in total. The number of rotatable bonds is 52. The maximum Gasteiger partial charge on any atom is 0.472 e. The molecule has 0 rings (SSSR count). The number of phosphoric ester groups is 1. The van der Waals surface area contributed by atoms with Gasteiger partial charge >= 0.3 is 25.7 Å². The first-order chi connectivity index (χ1) is 35.2. The Kier molecular flexibility index (Phi) is 51.4. The van der Waals surface area contributed by atoms with Crippen LogP contribution in [0.4, 0.5) is 0 Å². The predicted molar refractivity (Wildman–Crippen MR) is 298 cm³/mol. The summed E-state index contributed by atoms with van der Waals surface area (Å²) >= 11 is 0. The van der Waals surface area contributed by atoms with E-state index in [0.717, 1.165) is 141 Å². The molecule has 72 heavy (non-hydrogen) atoms. The fourth-order valence-corrected chi connectivity index (χ4v) is 8.20. The second kappa shape index (κ2) is 53.9. The number of hydrogen-bond donors (Lipinski definition) is 2. The van der Waals surface area contributed by atoms with Crippen LogP contribution in [0.1, 0.15) is 239 Å². The molecule has 0 saturated heterocycles. The molecule has 0 aliphatic rings. The van der Waals surface area contributed by atoms with E-state index >= 15 is 0 Å². The molecule has 0 aromatic heterocycles. The first kappa shape index (κ1) is 68.7. The number of hydrogen-bond acceptors (Lipinski definition) is 10. The van der Waals surface area contributed by atoms with Crippen molar-refractivity contribution in [2.24, 2.45) is 0 Å². The zero-order valence-electron chi connectivity index (χ0n) is 45.6. The normalized spacial score (nSPS) is 14.0. The Hall–Kier alpha value is -3.34. The summed E-state index contributed by atoms with van der Waals surface area (Å²) in [6.07, 6.45) is 61.1. The number of aliphatic hydroxyl groups is 1. The van der Waals surface area contributed by atoms with Gasteiger partial charge in [0.25, 0.3) is 0 Å². The Morgan fingerprint density at radius 3 is 1.17 bits per heavy atom. The van der Waals surface area contributed by atoms with Crippen molar-refractivity contribution in [3.63, 3.8) is 0 Å². The molecule has 3 atom stereocenters. The van der Waals surface area contributed by atoms with Crippen molar-refractivity contribution in [2.45, 2.75) is 251 Å². The lowest BCUT2D eigenvalue weighted by Gasteiger charge is -2.21. The third-order valence-electron chi connectivity index (χ3n) is 11.8. The van der Waals surface area contributed by atoms with Crippen molar-refractivity contribution in [2.75, 3.05) is 26.4 Å². The zero-order chi connectivity index (χ0) is 52.7. The van der Waals surface area contributed by atoms with Crippen molar-refractivity contribution in [1.29, 1.82) is 0 Å². The van der Waals surface area contributed by atoms with E-state index in [2.05, 4.69) is 106 Å². The predicted octanol–water partition coefficient (Wildman–Crippen LogP) is 16.7. The van der Waals surface area contributed by atoms with E-state index in [1.165, 1.54) is 38.5 Å². The number of allylic oxidation sites excluding steroid dienone is 14. The van der Waals surface area contributed by atoms with Gasteiger partial charge in [-0.15, -0.1) is 0 Å². The van der Waals surface area contributed by atoms with Crippen molar-refractivity contribution >= 4 is 25.7 Å². The van der Waals surface area contributed by atoms with Gasteiger partial charge < -0.3 is 24.2 Å². The number of unbranched alkanes of at least 4 members (excludes halogenated alkanes) is 21. The quantitative estimate of drug-likeness (QED) is 0.0197. The number of phosphoric acid groups is 1. The van der Waals surface area contributed by atoms with E-state index < -0.39 is 57.8 Å². The van der Waals surface area contributed by atoms with Crippen LogP contribution in [0.3, 0.4) is 0 Å². The van der Waals surface area contributed by atoms with E-state index in [0.29, 0.717) is 19.3 Å². The molecule has 0 heterocycles. The molecule has 0 amide bonds. The SMILES string of the molecule is CC/C=C\C/C=C\C/C=C\CCCCCCCC(=O)OCC(COP(=O)(O)OCC(CO)OC(=O)CCCCCCC/C=C\CCCC)OC(=O)CCCCCCCC/C=C\C/C=C\C/C=C\CCCCC. The number of ether oxygens (including phenoxy) is 3. The molecular weight excluding hydrogens is 928 g/mol. The first-order valence-corrected chi connectivity index (χ1v) is 30.0. The van der Waals surface area contributed by atoms with Gasteiger partial charge in [-0.1, -0.05) is 196 Å². The Labute approximate surface area is 439 Å². The lowest BCUT2D eigenvalue weighted by atomic mass is 10.1. The Morgan fingerprint density at radius 2 is 0.736 bits per heavy atom. The third kappa shape index (κ3) is 51.6. The molecule has 12 heteroatoms. The van der Waals surface area contributed by atoms with Crippen LogP contribution in [0.5, 0.6) is 0 Å². The lowest BCUT2D eigenvalue weighted by molar-refractivity contribution is -0.161.